The van der Waals surface area contributed by atoms with Gasteiger partial charge in [-0.05, 0) is 33.9 Å². The average Bonchev–Trinajstić information content (AvgIpc) is 3.29. The molecule has 2 heterocycles. The topological polar surface area (TPSA) is 99.6 Å². The van der Waals surface area contributed by atoms with Gasteiger partial charge in [-0.15, -0.1) is 0 Å². The normalized spacial score (nSPS) is 22.5. The summed E-state index contributed by atoms with van der Waals surface area (Å²) in [6, 6.07) is 1.67. The molecule has 1 aromatic heterocycles. The number of hydrogen-bond acceptors (Lipinski definition) is 5. The lowest BCUT2D eigenvalue weighted by Crippen LogP contribution is -2.63. The summed E-state index contributed by atoms with van der Waals surface area (Å²) < 4.78 is 1.48. The first-order chi connectivity index (χ1) is 13.2. The van der Waals surface area contributed by atoms with Crippen molar-refractivity contribution in [3.05, 3.63) is 17.5 Å². The van der Waals surface area contributed by atoms with Gasteiger partial charge >= 0.3 is 0 Å². The molecule has 1 aliphatic heterocycles. The maximum atomic E-state index is 13.0. The molecule has 1 saturated carbocycles. The summed E-state index contributed by atoms with van der Waals surface area (Å²) in [4.78, 5) is 41.6. The number of likely N-dealkylation sites (N-methyl/N-ethyl adjacent to an activating group) is 2. The zero-order valence-corrected chi connectivity index (χ0v) is 17.1. The third-order valence-electron chi connectivity index (χ3n) is 5.76. The van der Waals surface area contributed by atoms with E-state index in [0.717, 1.165) is 25.7 Å². The van der Waals surface area contributed by atoms with Crippen LogP contribution in [-0.4, -0.2) is 83.1 Å². The van der Waals surface area contributed by atoms with E-state index in [1.54, 1.807) is 14.0 Å². The molecule has 3 amide bonds. The number of fused-ring (bicyclic) bond motifs is 1. The van der Waals surface area contributed by atoms with Crippen LogP contribution in [0.25, 0.3) is 0 Å². The average molecular weight is 390 g/mol. The molecule has 0 spiro atoms. The summed E-state index contributed by atoms with van der Waals surface area (Å²) in [5, 5.41) is 10.2. The zero-order chi connectivity index (χ0) is 20.5. The Hall–Kier alpha value is -2.42. The van der Waals surface area contributed by atoms with Crippen molar-refractivity contribution in [2.45, 2.75) is 50.7 Å². The van der Waals surface area contributed by atoms with Crippen molar-refractivity contribution in [3.8, 4) is 0 Å². The lowest BCUT2D eigenvalue weighted by atomic mass is 9.95. The van der Waals surface area contributed by atoms with E-state index in [9.17, 15) is 14.4 Å². The number of carbonyl (C=O) groups excluding carboxylic acids is 3. The third kappa shape index (κ3) is 3.89. The van der Waals surface area contributed by atoms with Crippen molar-refractivity contribution >= 4 is 17.7 Å². The monoisotopic (exact) mass is 390 g/mol. The number of nitrogens with one attached hydrogen (secondary N) is 2. The second-order valence-electron chi connectivity index (χ2n) is 8.22. The molecule has 2 aliphatic rings. The van der Waals surface area contributed by atoms with Gasteiger partial charge in [-0.2, -0.15) is 5.10 Å². The predicted octanol–water partition coefficient (Wildman–Crippen LogP) is 0.0776. The van der Waals surface area contributed by atoms with Crippen LogP contribution in [0.2, 0.25) is 0 Å². The predicted molar refractivity (Wildman–Crippen MR) is 104 cm³/mol. The van der Waals surface area contributed by atoms with E-state index in [4.69, 9.17) is 0 Å². The van der Waals surface area contributed by atoms with Gasteiger partial charge in [0, 0.05) is 32.2 Å². The van der Waals surface area contributed by atoms with Gasteiger partial charge in [0.15, 0.2) is 5.69 Å². The van der Waals surface area contributed by atoms with Crippen molar-refractivity contribution in [1.82, 2.24) is 30.2 Å². The fraction of sp³-hybridized carbons (Fsp3) is 0.684. The number of carbonyl (C=O) groups is 3. The Morgan fingerprint density at radius 3 is 2.64 bits per heavy atom. The Kier molecular flexibility index (Phi) is 5.74. The Morgan fingerprint density at radius 1 is 1.32 bits per heavy atom. The molecule has 9 nitrogen and oxygen atoms in total. The SMILES string of the molecule is CN(C)CCNC(=O)c1cc2n(n1)C[C@@](C)(C(=O)NC1CCCC1)N(C)C2=O. The summed E-state index contributed by atoms with van der Waals surface area (Å²) in [6.07, 6.45) is 4.19. The lowest BCUT2D eigenvalue weighted by Gasteiger charge is -2.41. The molecule has 0 aromatic carbocycles. The minimum Gasteiger partial charge on any atom is -0.351 e. The van der Waals surface area contributed by atoms with E-state index in [-0.39, 0.29) is 36.0 Å². The lowest BCUT2D eigenvalue weighted by molar-refractivity contribution is -0.133. The third-order valence-corrected chi connectivity index (χ3v) is 5.76. The molecule has 3 rings (SSSR count). The van der Waals surface area contributed by atoms with Crippen LogP contribution in [0.1, 0.15) is 53.6 Å². The first kappa shape index (κ1) is 20.3. The number of amides is 3. The van der Waals surface area contributed by atoms with Gasteiger partial charge in [0.25, 0.3) is 11.8 Å². The summed E-state index contributed by atoms with van der Waals surface area (Å²) in [6.45, 7) is 3.16. The Balaban J connectivity index is 1.75. The molecule has 9 heteroatoms. The van der Waals surface area contributed by atoms with Crippen LogP contribution >= 0.6 is 0 Å². The molecule has 1 aromatic rings. The van der Waals surface area contributed by atoms with E-state index in [1.165, 1.54) is 15.6 Å². The summed E-state index contributed by atoms with van der Waals surface area (Å²) in [5.74, 6) is -0.806. The number of nitrogens with zero attached hydrogens (tertiary/aromatic N) is 4. The van der Waals surface area contributed by atoms with Gasteiger partial charge in [0.1, 0.15) is 11.2 Å². The van der Waals surface area contributed by atoms with Crippen LogP contribution < -0.4 is 10.6 Å². The number of aromatic nitrogens is 2. The van der Waals surface area contributed by atoms with E-state index in [0.29, 0.717) is 18.8 Å². The van der Waals surface area contributed by atoms with Gasteiger partial charge in [0.2, 0.25) is 5.91 Å². The molecule has 154 valence electrons. The standard InChI is InChI=1S/C19H30N6O3/c1-19(18(28)21-13-7-5-6-8-13)12-25-15(17(27)24(19)4)11-14(22-25)16(26)20-9-10-23(2)3/h11,13H,5-10,12H2,1-4H3,(H,20,26)(H,21,28)/t19-/m0/s1. The Labute approximate surface area is 165 Å². The van der Waals surface area contributed by atoms with Crippen LogP contribution in [-0.2, 0) is 11.3 Å². The minimum absolute atomic E-state index is 0.171. The largest absolute Gasteiger partial charge is 0.351 e. The quantitative estimate of drug-likeness (QED) is 0.717. The molecule has 28 heavy (non-hydrogen) atoms. The second-order valence-corrected chi connectivity index (χ2v) is 8.22. The maximum Gasteiger partial charge on any atom is 0.272 e. The molecule has 0 bridgehead atoms. The molecule has 2 N–H and O–H groups in total. The van der Waals surface area contributed by atoms with E-state index >= 15 is 0 Å². The fourth-order valence-corrected chi connectivity index (χ4v) is 3.73. The van der Waals surface area contributed by atoms with E-state index < -0.39 is 5.54 Å². The molecule has 0 unspecified atom stereocenters. The van der Waals surface area contributed by atoms with Crippen molar-refractivity contribution in [3.63, 3.8) is 0 Å². The molecular formula is C19H30N6O3. The van der Waals surface area contributed by atoms with Gasteiger partial charge in [-0.1, -0.05) is 12.8 Å². The van der Waals surface area contributed by atoms with Gasteiger partial charge < -0.3 is 20.4 Å². The van der Waals surface area contributed by atoms with Gasteiger partial charge in [-0.3, -0.25) is 19.1 Å². The molecule has 0 radical (unpaired) electrons. The highest BCUT2D eigenvalue weighted by atomic mass is 16.2. The van der Waals surface area contributed by atoms with Crippen molar-refractivity contribution in [2.24, 2.45) is 0 Å². The second kappa shape index (κ2) is 7.90. The first-order valence-corrected chi connectivity index (χ1v) is 9.82. The van der Waals surface area contributed by atoms with Crippen molar-refractivity contribution in [1.29, 1.82) is 0 Å². The number of hydrogen-bond donors (Lipinski definition) is 2. The van der Waals surface area contributed by atoms with Gasteiger partial charge in [-0.25, -0.2) is 0 Å². The van der Waals surface area contributed by atoms with Crippen LogP contribution in [0.5, 0.6) is 0 Å². The Bertz CT molecular complexity index is 768. The summed E-state index contributed by atoms with van der Waals surface area (Å²) in [7, 11) is 5.48. The van der Waals surface area contributed by atoms with Gasteiger partial charge in [0.05, 0.1) is 6.54 Å². The maximum absolute atomic E-state index is 13.0. The molecule has 1 aliphatic carbocycles. The van der Waals surface area contributed by atoms with Crippen LogP contribution in [0, 0.1) is 0 Å². The summed E-state index contributed by atoms with van der Waals surface area (Å²) in [5.41, 5.74) is -0.528. The molecule has 0 saturated heterocycles. The molecular weight excluding hydrogens is 360 g/mol. The number of rotatable bonds is 6. The summed E-state index contributed by atoms with van der Waals surface area (Å²) >= 11 is 0. The molecule has 1 atom stereocenters. The van der Waals surface area contributed by atoms with Crippen LogP contribution in [0.15, 0.2) is 6.07 Å². The van der Waals surface area contributed by atoms with Crippen molar-refractivity contribution < 1.29 is 14.4 Å². The van der Waals surface area contributed by atoms with Crippen molar-refractivity contribution in [2.75, 3.05) is 34.2 Å². The minimum atomic E-state index is -1.04. The Morgan fingerprint density at radius 2 is 2.00 bits per heavy atom. The highest BCUT2D eigenvalue weighted by Crippen LogP contribution is 2.27. The van der Waals surface area contributed by atoms with Crippen LogP contribution in [0.4, 0.5) is 0 Å². The highest BCUT2D eigenvalue weighted by Gasteiger charge is 2.46. The highest BCUT2D eigenvalue weighted by molar-refractivity contribution is 6.01. The molecule has 1 fully saturated rings. The zero-order valence-electron chi connectivity index (χ0n) is 17.1. The smallest absolute Gasteiger partial charge is 0.272 e. The van der Waals surface area contributed by atoms with E-state index in [2.05, 4.69) is 15.7 Å². The first-order valence-electron chi connectivity index (χ1n) is 9.82. The van der Waals surface area contributed by atoms with E-state index in [1.807, 2.05) is 19.0 Å². The van der Waals surface area contributed by atoms with Crippen LogP contribution in [0.3, 0.4) is 0 Å². The fourth-order valence-electron chi connectivity index (χ4n) is 3.73.